The third kappa shape index (κ3) is 49.2. The summed E-state index contributed by atoms with van der Waals surface area (Å²) in [6.07, 6.45) is 72.6. The molecular formula is C57H107NO3. The Labute approximate surface area is 382 Å². The fraction of sp³-hybridized carbons (Fsp3) is 0.842. The number of hydrogen-bond acceptors (Lipinski definition) is 3. The number of rotatable bonds is 50. The lowest BCUT2D eigenvalue weighted by molar-refractivity contribution is -0.123. The van der Waals surface area contributed by atoms with Crippen molar-refractivity contribution in [3.63, 3.8) is 0 Å². The molecule has 0 fully saturated rings. The molecule has 61 heavy (non-hydrogen) atoms. The van der Waals surface area contributed by atoms with Crippen molar-refractivity contribution >= 4 is 5.91 Å². The Morgan fingerprint density at radius 1 is 0.393 bits per heavy atom. The predicted molar refractivity (Wildman–Crippen MR) is 271 cm³/mol. The summed E-state index contributed by atoms with van der Waals surface area (Å²) < 4.78 is 0. The second-order valence-electron chi connectivity index (χ2n) is 18.6. The van der Waals surface area contributed by atoms with Crippen molar-refractivity contribution in [3.05, 3.63) is 48.6 Å². The van der Waals surface area contributed by atoms with Gasteiger partial charge in [-0.3, -0.25) is 4.79 Å². The molecule has 0 aromatic carbocycles. The van der Waals surface area contributed by atoms with Gasteiger partial charge in [0.2, 0.25) is 5.91 Å². The van der Waals surface area contributed by atoms with Crippen LogP contribution in [0.4, 0.5) is 0 Å². The molecule has 2 unspecified atom stereocenters. The van der Waals surface area contributed by atoms with Crippen LogP contribution in [0, 0.1) is 0 Å². The average molecular weight is 854 g/mol. The van der Waals surface area contributed by atoms with E-state index in [1.165, 1.54) is 231 Å². The second-order valence-corrected chi connectivity index (χ2v) is 18.6. The van der Waals surface area contributed by atoms with Crippen LogP contribution in [0.1, 0.15) is 290 Å². The van der Waals surface area contributed by atoms with Gasteiger partial charge in [-0.15, -0.1) is 0 Å². The maximum absolute atomic E-state index is 12.5. The minimum atomic E-state index is -0.865. The lowest BCUT2D eigenvalue weighted by Gasteiger charge is -2.19. The lowest BCUT2D eigenvalue weighted by atomic mass is 10.0. The van der Waals surface area contributed by atoms with Crippen LogP contribution in [0.15, 0.2) is 48.6 Å². The first-order chi connectivity index (χ1) is 30.2. The zero-order valence-electron chi connectivity index (χ0n) is 41.2. The van der Waals surface area contributed by atoms with Crippen LogP contribution in [0.2, 0.25) is 0 Å². The number of aliphatic hydroxyl groups is 2. The summed E-state index contributed by atoms with van der Waals surface area (Å²) in [4.78, 5) is 12.5. The first kappa shape index (κ1) is 59.4. The Bertz CT molecular complexity index is 970. The molecule has 0 spiro atoms. The third-order valence-electron chi connectivity index (χ3n) is 12.5. The minimum absolute atomic E-state index is 0.0737. The zero-order chi connectivity index (χ0) is 44.2. The summed E-state index contributed by atoms with van der Waals surface area (Å²) in [6, 6.07) is -0.642. The van der Waals surface area contributed by atoms with Gasteiger partial charge in [0.1, 0.15) is 0 Å². The number of unbranched alkanes of at least 4 members (excludes halogenated alkanes) is 37. The van der Waals surface area contributed by atoms with Gasteiger partial charge in [-0.25, -0.2) is 0 Å². The first-order valence-corrected chi connectivity index (χ1v) is 27.4. The highest BCUT2D eigenvalue weighted by Gasteiger charge is 2.18. The van der Waals surface area contributed by atoms with Crippen molar-refractivity contribution in [3.8, 4) is 0 Å². The molecule has 0 bridgehead atoms. The monoisotopic (exact) mass is 854 g/mol. The summed E-state index contributed by atoms with van der Waals surface area (Å²) in [5.74, 6) is -0.0737. The van der Waals surface area contributed by atoms with Crippen molar-refractivity contribution < 1.29 is 15.0 Å². The number of aliphatic hydroxyl groups excluding tert-OH is 2. The molecule has 0 saturated carbocycles. The van der Waals surface area contributed by atoms with Crippen LogP contribution in [-0.2, 0) is 4.79 Å². The fourth-order valence-corrected chi connectivity index (χ4v) is 8.34. The number of amides is 1. The molecule has 0 aromatic rings. The van der Waals surface area contributed by atoms with Crippen LogP contribution in [-0.4, -0.2) is 34.9 Å². The van der Waals surface area contributed by atoms with E-state index in [1.807, 2.05) is 6.08 Å². The Kier molecular flexibility index (Phi) is 51.3. The summed E-state index contributed by atoms with van der Waals surface area (Å²) in [5, 5.41) is 23.1. The summed E-state index contributed by atoms with van der Waals surface area (Å²) in [7, 11) is 0. The molecule has 0 rings (SSSR count). The van der Waals surface area contributed by atoms with E-state index in [4.69, 9.17) is 0 Å². The summed E-state index contributed by atoms with van der Waals surface area (Å²) in [6.45, 7) is 4.32. The average Bonchev–Trinajstić information content (AvgIpc) is 3.26. The topological polar surface area (TPSA) is 69.6 Å². The van der Waals surface area contributed by atoms with Gasteiger partial charge in [0.15, 0.2) is 0 Å². The van der Waals surface area contributed by atoms with Crippen molar-refractivity contribution in [2.45, 2.75) is 302 Å². The van der Waals surface area contributed by atoms with Gasteiger partial charge in [0.05, 0.1) is 18.8 Å². The summed E-state index contributed by atoms with van der Waals surface area (Å²) in [5.41, 5.74) is 0. The summed E-state index contributed by atoms with van der Waals surface area (Å²) >= 11 is 0. The molecule has 3 N–H and O–H groups in total. The van der Waals surface area contributed by atoms with Gasteiger partial charge in [-0.2, -0.15) is 0 Å². The maximum atomic E-state index is 12.5. The van der Waals surface area contributed by atoms with Crippen LogP contribution < -0.4 is 5.32 Å². The van der Waals surface area contributed by atoms with Gasteiger partial charge in [-0.05, 0) is 64.2 Å². The molecular weight excluding hydrogens is 747 g/mol. The molecule has 0 aliphatic rings. The maximum Gasteiger partial charge on any atom is 0.220 e. The van der Waals surface area contributed by atoms with E-state index in [2.05, 4.69) is 55.6 Å². The number of carbonyl (C=O) groups excluding carboxylic acids is 1. The van der Waals surface area contributed by atoms with Gasteiger partial charge in [0, 0.05) is 6.42 Å². The number of nitrogens with one attached hydrogen (secondary N) is 1. The molecule has 358 valence electrons. The van der Waals surface area contributed by atoms with Gasteiger partial charge in [-0.1, -0.05) is 268 Å². The molecule has 4 nitrogen and oxygen atoms in total. The van der Waals surface area contributed by atoms with Crippen LogP contribution in [0.25, 0.3) is 0 Å². The molecule has 0 saturated heterocycles. The van der Waals surface area contributed by atoms with E-state index in [1.54, 1.807) is 6.08 Å². The minimum Gasteiger partial charge on any atom is -0.394 e. The standard InChI is InChI=1S/C57H107NO3/c1-3-5-7-9-11-13-15-17-19-21-23-25-27-28-29-30-31-33-35-37-39-41-43-45-47-49-51-53-57(61)58-55(54-59)56(60)52-50-48-46-44-42-40-38-36-34-32-26-24-22-20-18-16-14-12-10-8-6-4-2/h23,25,28-29,42,44,50,52,55-56,59-60H,3-22,24,26-27,30-41,43,45-49,51,53-54H2,1-2H3,(H,58,61)/b25-23-,29-28-,44-42+,52-50+. The molecule has 1 amide bonds. The molecule has 0 aliphatic carbocycles. The zero-order valence-corrected chi connectivity index (χ0v) is 41.2. The highest BCUT2D eigenvalue weighted by atomic mass is 16.3. The Morgan fingerprint density at radius 3 is 1.05 bits per heavy atom. The van der Waals surface area contributed by atoms with Gasteiger partial charge < -0.3 is 15.5 Å². The Morgan fingerprint density at radius 2 is 0.689 bits per heavy atom. The fourth-order valence-electron chi connectivity index (χ4n) is 8.34. The van der Waals surface area contributed by atoms with Crippen molar-refractivity contribution in [2.24, 2.45) is 0 Å². The third-order valence-corrected chi connectivity index (χ3v) is 12.5. The number of carbonyl (C=O) groups is 1. The SMILES string of the molecule is CCCCCCCCCCC/C=C\C/C=C\CCCCCCCCCCCCCC(=O)NC(CO)C(O)/C=C/CC/C=C/CCCCCCCCCCCCCCCCCC. The quantitative estimate of drug-likeness (QED) is 0.0422. The molecule has 0 heterocycles. The predicted octanol–water partition coefficient (Wildman–Crippen LogP) is 17.9. The first-order valence-electron chi connectivity index (χ1n) is 27.4. The second kappa shape index (κ2) is 52.7. The molecule has 0 aromatic heterocycles. The smallest absolute Gasteiger partial charge is 0.220 e. The van der Waals surface area contributed by atoms with Crippen LogP contribution in [0.5, 0.6) is 0 Å². The number of hydrogen-bond donors (Lipinski definition) is 3. The molecule has 0 radical (unpaired) electrons. The highest BCUT2D eigenvalue weighted by molar-refractivity contribution is 5.76. The largest absolute Gasteiger partial charge is 0.394 e. The Balaban J connectivity index is 3.55. The van der Waals surface area contributed by atoms with Crippen LogP contribution >= 0.6 is 0 Å². The number of allylic oxidation sites excluding steroid dienone is 7. The molecule has 2 atom stereocenters. The van der Waals surface area contributed by atoms with Crippen molar-refractivity contribution in [1.82, 2.24) is 5.32 Å². The van der Waals surface area contributed by atoms with E-state index in [0.717, 1.165) is 38.5 Å². The lowest BCUT2D eigenvalue weighted by Crippen LogP contribution is -2.45. The van der Waals surface area contributed by atoms with Crippen molar-refractivity contribution in [2.75, 3.05) is 6.61 Å². The van der Waals surface area contributed by atoms with Crippen LogP contribution in [0.3, 0.4) is 0 Å². The van der Waals surface area contributed by atoms with E-state index < -0.39 is 12.1 Å². The Hall–Kier alpha value is -1.65. The van der Waals surface area contributed by atoms with Gasteiger partial charge in [0.25, 0.3) is 0 Å². The molecule has 4 heteroatoms. The van der Waals surface area contributed by atoms with E-state index in [-0.39, 0.29) is 12.5 Å². The van der Waals surface area contributed by atoms with E-state index in [0.29, 0.717) is 6.42 Å². The molecule has 0 aliphatic heterocycles. The normalized spacial score (nSPS) is 13.2. The van der Waals surface area contributed by atoms with E-state index in [9.17, 15) is 15.0 Å². The van der Waals surface area contributed by atoms with Crippen molar-refractivity contribution in [1.29, 1.82) is 0 Å². The van der Waals surface area contributed by atoms with E-state index >= 15 is 0 Å². The highest BCUT2D eigenvalue weighted by Crippen LogP contribution is 2.16. The van der Waals surface area contributed by atoms with Gasteiger partial charge >= 0.3 is 0 Å².